The van der Waals surface area contributed by atoms with Gasteiger partial charge in [0.1, 0.15) is 0 Å². The van der Waals surface area contributed by atoms with Crippen LogP contribution in [-0.4, -0.2) is 37.6 Å². The molecule has 0 atom stereocenters. The maximum absolute atomic E-state index is 8.89. The van der Waals surface area contributed by atoms with Gasteiger partial charge in [-0.15, -0.1) is 0 Å². The summed E-state index contributed by atoms with van der Waals surface area (Å²) < 4.78 is 0. The molecule has 34 valence electrons. The van der Waals surface area contributed by atoms with Crippen LogP contribution in [0.4, 0.5) is 0 Å². The van der Waals surface area contributed by atoms with E-state index in [-0.39, 0.29) is 31.7 Å². The summed E-state index contributed by atoms with van der Waals surface area (Å²) in [5, 5.41) is 8.89. The van der Waals surface area contributed by atoms with Crippen LogP contribution in [0, 0.1) is 0 Å². The molecule has 3 nitrogen and oxygen atoms in total. The minimum absolute atomic E-state index is 0. The molecule has 0 spiro atoms. The third-order valence-electron chi connectivity index (χ3n) is 0. The molecule has 0 aromatic heterocycles. The number of rotatable bonds is 0. The molecule has 2 radical (unpaired) electrons. The SMILES string of the molecule is CC(=O)[O-].[Bi+3].[OH-]. The van der Waals surface area contributed by atoms with Crippen molar-refractivity contribution < 1.29 is 15.4 Å². The maximum atomic E-state index is 8.89. The average Bonchev–Trinajstić information content (AvgIpc) is 0.811. The van der Waals surface area contributed by atoms with Crippen molar-refractivity contribution in [2.24, 2.45) is 0 Å². The Morgan fingerprint density at radius 2 is 1.67 bits per heavy atom. The van der Waals surface area contributed by atoms with Gasteiger partial charge in [-0.1, -0.05) is 0 Å². The second-order valence-electron chi connectivity index (χ2n) is 0.492. The summed E-state index contributed by atoms with van der Waals surface area (Å²) in [7, 11) is 0. The average molecular weight is 285 g/mol. The van der Waals surface area contributed by atoms with Gasteiger partial charge in [0.25, 0.3) is 0 Å². The van der Waals surface area contributed by atoms with Gasteiger partial charge in [-0.25, -0.2) is 0 Å². The fourth-order valence-corrected chi connectivity index (χ4v) is 0. The first kappa shape index (κ1) is 16.2. The molecule has 0 fully saturated rings. The van der Waals surface area contributed by atoms with Crippen molar-refractivity contribution in [1.82, 2.24) is 0 Å². The minimum Gasteiger partial charge on any atom is -0.870 e. The van der Waals surface area contributed by atoms with Crippen LogP contribution in [0.5, 0.6) is 0 Å². The number of carboxylic acid groups (broad SMARTS) is 1. The van der Waals surface area contributed by atoms with E-state index in [1.807, 2.05) is 0 Å². The van der Waals surface area contributed by atoms with Gasteiger partial charge in [0.15, 0.2) is 0 Å². The molecule has 1 N–H and O–H groups in total. The summed E-state index contributed by atoms with van der Waals surface area (Å²) in [4.78, 5) is 8.89. The van der Waals surface area contributed by atoms with Crippen molar-refractivity contribution >= 4 is 32.2 Å². The Kier molecular flexibility index (Phi) is 24.4. The van der Waals surface area contributed by atoms with Gasteiger partial charge in [0.05, 0.1) is 0 Å². The fourth-order valence-electron chi connectivity index (χ4n) is 0. The molecule has 0 aliphatic carbocycles. The van der Waals surface area contributed by atoms with E-state index in [4.69, 9.17) is 9.90 Å². The maximum Gasteiger partial charge on any atom is 3.00 e. The van der Waals surface area contributed by atoms with E-state index in [0.717, 1.165) is 6.92 Å². The molecule has 0 aliphatic rings. The Labute approximate surface area is 54.8 Å². The molecular weight excluding hydrogens is 281 g/mol. The van der Waals surface area contributed by atoms with Crippen LogP contribution in [0.25, 0.3) is 0 Å². The van der Waals surface area contributed by atoms with Gasteiger partial charge < -0.3 is 15.4 Å². The number of hydrogen-bond acceptors (Lipinski definition) is 3. The molecule has 0 aromatic rings. The van der Waals surface area contributed by atoms with E-state index in [1.54, 1.807) is 0 Å². The van der Waals surface area contributed by atoms with Gasteiger partial charge in [-0.2, -0.15) is 0 Å². The van der Waals surface area contributed by atoms with Crippen LogP contribution >= 0.6 is 0 Å². The van der Waals surface area contributed by atoms with Crippen molar-refractivity contribution in [2.75, 3.05) is 0 Å². The third kappa shape index (κ3) is 483. The van der Waals surface area contributed by atoms with Gasteiger partial charge in [-0.05, 0) is 6.92 Å². The minimum atomic E-state index is -1.08. The Morgan fingerprint density at radius 1 is 1.67 bits per heavy atom. The topological polar surface area (TPSA) is 70.1 Å². The zero-order chi connectivity index (χ0) is 3.58. The molecule has 0 unspecified atom stereocenters. The number of carboxylic acids is 1. The van der Waals surface area contributed by atoms with Crippen molar-refractivity contribution in [3.05, 3.63) is 0 Å². The summed E-state index contributed by atoms with van der Waals surface area (Å²) >= 11 is 0. The number of hydrogen-bond donors (Lipinski definition) is 0. The molecule has 4 heteroatoms. The largest absolute Gasteiger partial charge is 3.00 e. The molecule has 0 heterocycles. The van der Waals surface area contributed by atoms with E-state index in [2.05, 4.69) is 0 Å². The van der Waals surface area contributed by atoms with Crippen molar-refractivity contribution in [3.63, 3.8) is 0 Å². The monoisotopic (exact) mass is 285 g/mol. The molecule has 0 saturated carbocycles. The normalized spacial score (nSPS) is 4.17. The van der Waals surface area contributed by atoms with E-state index >= 15 is 0 Å². The van der Waals surface area contributed by atoms with Crippen molar-refractivity contribution in [2.45, 2.75) is 6.92 Å². The van der Waals surface area contributed by atoms with E-state index in [1.165, 1.54) is 0 Å². The van der Waals surface area contributed by atoms with E-state index < -0.39 is 5.97 Å². The van der Waals surface area contributed by atoms with Crippen LogP contribution in [0.1, 0.15) is 6.92 Å². The smallest absolute Gasteiger partial charge is 0.870 e. The summed E-state index contributed by atoms with van der Waals surface area (Å²) in [6, 6.07) is 0. The van der Waals surface area contributed by atoms with Gasteiger partial charge in [-0.3, -0.25) is 0 Å². The van der Waals surface area contributed by atoms with Crippen LogP contribution in [-0.2, 0) is 4.79 Å². The summed E-state index contributed by atoms with van der Waals surface area (Å²) in [6.07, 6.45) is 0. The molecular formula is C2H4BiO3+. The Morgan fingerprint density at radius 3 is 1.67 bits per heavy atom. The molecule has 0 aromatic carbocycles. The van der Waals surface area contributed by atoms with Crippen LogP contribution in [0.15, 0.2) is 0 Å². The van der Waals surface area contributed by atoms with Crippen molar-refractivity contribution in [1.29, 1.82) is 0 Å². The predicted molar refractivity (Wildman–Crippen MR) is 18.4 cm³/mol. The quantitative estimate of drug-likeness (QED) is 0.493. The van der Waals surface area contributed by atoms with E-state index in [0.29, 0.717) is 0 Å². The third-order valence-corrected chi connectivity index (χ3v) is 0. The summed E-state index contributed by atoms with van der Waals surface area (Å²) in [5.74, 6) is -1.08. The first-order valence-corrected chi connectivity index (χ1v) is 0.908. The second kappa shape index (κ2) is 9.00. The number of carbonyl (C=O) groups excluding carboxylic acids is 1. The fraction of sp³-hybridized carbons (Fsp3) is 0.500. The van der Waals surface area contributed by atoms with Gasteiger partial charge >= 0.3 is 26.2 Å². The van der Waals surface area contributed by atoms with Crippen molar-refractivity contribution in [3.8, 4) is 0 Å². The second-order valence-corrected chi connectivity index (χ2v) is 0.492. The Bertz CT molecular complexity index is 31.8. The first-order valence-electron chi connectivity index (χ1n) is 0.908. The van der Waals surface area contributed by atoms with E-state index in [9.17, 15) is 0 Å². The van der Waals surface area contributed by atoms with Crippen LogP contribution in [0.3, 0.4) is 0 Å². The summed E-state index contributed by atoms with van der Waals surface area (Å²) in [5.41, 5.74) is 0. The zero-order valence-corrected chi connectivity index (χ0v) is 6.69. The predicted octanol–water partition coefficient (Wildman–Crippen LogP) is -1.80. The number of aliphatic carboxylic acids is 1. The van der Waals surface area contributed by atoms with Gasteiger partial charge in [0.2, 0.25) is 0 Å². The molecule has 0 saturated heterocycles. The summed E-state index contributed by atoms with van der Waals surface area (Å²) in [6.45, 7) is 0.972. The van der Waals surface area contributed by atoms with Gasteiger partial charge in [0, 0.05) is 5.97 Å². The first-order chi connectivity index (χ1) is 1.73. The number of carbonyl (C=O) groups is 1. The molecule has 0 rings (SSSR count). The standard InChI is InChI=1S/C2H4O2.Bi.H2O/c1-2(3)4;;/h1H3,(H,3,4);;1H2/q;+3;/p-2. The molecule has 0 amide bonds. The zero-order valence-electron chi connectivity index (χ0n) is 3.21. The Hall–Kier alpha value is 0.313. The molecule has 0 bridgehead atoms. The Balaban J connectivity index is -0.0000000450. The van der Waals surface area contributed by atoms with Crippen LogP contribution < -0.4 is 5.11 Å². The van der Waals surface area contributed by atoms with Crippen LogP contribution in [0.2, 0.25) is 0 Å². The molecule has 0 aliphatic heterocycles. The molecule has 6 heavy (non-hydrogen) atoms.